The number of aliphatic imine (C=N–C) groups is 1. The first-order valence-electron chi connectivity index (χ1n) is 7.23. The van der Waals surface area contributed by atoms with Crippen LogP contribution in [0.5, 0.6) is 0 Å². The minimum atomic E-state index is 0. The largest absolute Gasteiger partial charge is 0.372 e. The Labute approximate surface area is 163 Å². The van der Waals surface area contributed by atoms with Crippen molar-refractivity contribution in [2.24, 2.45) is 4.99 Å². The molecule has 3 rings (SSSR count). The molecule has 0 spiro atoms. The van der Waals surface area contributed by atoms with Gasteiger partial charge in [0.25, 0.3) is 0 Å². The fourth-order valence-electron chi connectivity index (χ4n) is 2.50. The summed E-state index contributed by atoms with van der Waals surface area (Å²) >= 11 is 18.1. The second-order valence-electron chi connectivity index (χ2n) is 5.36. The number of anilines is 1. The summed E-state index contributed by atoms with van der Waals surface area (Å²) in [6.07, 6.45) is 4.00. The highest BCUT2D eigenvalue weighted by molar-refractivity contribution is 6.42. The molecule has 6 heteroatoms. The molecule has 2 aromatic carbocycles. The van der Waals surface area contributed by atoms with Gasteiger partial charge >= 0.3 is 0 Å². The highest BCUT2D eigenvalue weighted by atomic mass is 35.5. The van der Waals surface area contributed by atoms with Crippen LogP contribution in [0.2, 0.25) is 15.1 Å². The first-order valence-corrected chi connectivity index (χ1v) is 8.36. The molecule has 0 N–H and O–H groups in total. The van der Waals surface area contributed by atoms with Crippen molar-refractivity contribution < 1.29 is 0 Å². The first-order chi connectivity index (χ1) is 11.0. The van der Waals surface area contributed by atoms with Crippen LogP contribution in [0.15, 0.2) is 47.5 Å². The van der Waals surface area contributed by atoms with E-state index in [1.165, 1.54) is 0 Å². The molecule has 2 aromatic rings. The van der Waals surface area contributed by atoms with E-state index in [0.717, 1.165) is 40.6 Å². The van der Waals surface area contributed by atoms with Crippen molar-refractivity contribution >= 4 is 64.7 Å². The van der Waals surface area contributed by atoms with E-state index < -0.39 is 0 Å². The van der Waals surface area contributed by atoms with Crippen molar-refractivity contribution in [3.8, 4) is 0 Å². The third-order valence-electron chi connectivity index (χ3n) is 3.74. The average molecular weight is 402 g/mol. The molecule has 0 saturated carbocycles. The van der Waals surface area contributed by atoms with Crippen LogP contribution in [-0.4, -0.2) is 25.8 Å². The van der Waals surface area contributed by atoms with Crippen LogP contribution in [0.3, 0.4) is 0 Å². The smallest absolute Gasteiger partial charge is 0.0668 e. The Kier molecular flexibility index (Phi) is 6.59. The number of hydrogen-bond donors (Lipinski definition) is 0. The average Bonchev–Trinajstić information content (AvgIpc) is 2.68. The summed E-state index contributed by atoms with van der Waals surface area (Å²) in [5.41, 5.74) is 4.08. The van der Waals surface area contributed by atoms with Crippen molar-refractivity contribution in [1.29, 1.82) is 0 Å². The number of hydrogen-bond acceptors (Lipinski definition) is 2. The molecule has 0 aromatic heterocycles. The van der Waals surface area contributed by atoms with Gasteiger partial charge in [-0.15, -0.1) is 12.4 Å². The number of halogens is 4. The van der Waals surface area contributed by atoms with Crippen molar-refractivity contribution in [3.05, 3.63) is 68.7 Å². The van der Waals surface area contributed by atoms with Gasteiger partial charge in [0, 0.05) is 29.9 Å². The normalized spacial score (nSPS) is 14.0. The van der Waals surface area contributed by atoms with Crippen molar-refractivity contribution in [2.75, 3.05) is 25.0 Å². The Balaban J connectivity index is 0.00000208. The maximum absolute atomic E-state index is 6.14. The van der Waals surface area contributed by atoms with Crippen LogP contribution in [0.1, 0.15) is 11.1 Å². The van der Waals surface area contributed by atoms with E-state index in [1.54, 1.807) is 6.07 Å². The summed E-state index contributed by atoms with van der Waals surface area (Å²) in [6.45, 7) is 1.60. The standard InChI is InChI=1S/C18H15Cl3N2.ClH/c1-23-9-8-22-17(14-5-4-13(19)11-18(14)23)7-3-12-2-6-15(20)16(21)10-12;/h2-7,10-11H,8-9H2,1H3;1H/b7-3+;. The lowest BCUT2D eigenvalue weighted by Crippen LogP contribution is -2.20. The third kappa shape index (κ3) is 4.25. The molecule has 0 radical (unpaired) electrons. The third-order valence-corrected chi connectivity index (χ3v) is 4.72. The van der Waals surface area contributed by atoms with E-state index in [4.69, 9.17) is 34.8 Å². The lowest BCUT2D eigenvalue weighted by atomic mass is 10.1. The Morgan fingerprint density at radius 1 is 1.00 bits per heavy atom. The molecule has 2 nitrogen and oxygen atoms in total. The van der Waals surface area contributed by atoms with Crippen LogP contribution in [0.25, 0.3) is 6.08 Å². The lowest BCUT2D eigenvalue weighted by molar-refractivity contribution is 0.897. The molecule has 0 bridgehead atoms. The van der Waals surface area contributed by atoms with E-state index >= 15 is 0 Å². The molecule has 1 aliphatic rings. The number of rotatable bonds is 2. The fourth-order valence-corrected chi connectivity index (χ4v) is 2.97. The van der Waals surface area contributed by atoms with Gasteiger partial charge < -0.3 is 4.90 Å². The van der Waals surface area contributed by atoms with Gasteiger partial charge in [-0.25, -0.2) is 0 Å². The van der Waals surface area contributed by atoms with Crippen LogP contribution in [0.4, 0.5) is 5.69 Å². The van der Waals surface area contributed by atoms with E-state index in [2.05, 4.69) is 16.9 Å². The maximum Gasteiger partial charge on any atom is 0.0668 e. The van der Waals surface area contributed by atoms with Crippen LogP contribution in [0, 0.1) is 0 Å². The predicted octanol–water partition coefficient (Wildman–Crippen LogP) is 6.02. The Morgan fingerprint density at radius 2 is 1.79 bits per heavy atom. The minimum absolute atomic E-state index is 0. The zero-order valence-electron chi connectivity index (χ0n) is 13.0. The van der Waals surface area contributed by atoms with Crippen LogP contribution in [-0.2, 0) is 0 Å². The first kappa shape index (κ1) is 19.1. The minimum Gasteiger partial charge on any atom is -0.372 e. The highest BCUT2D eigenvalue weighted by Gasteiger charge is 2.14. The molecule has 0 atom stereocenters. The van der Waals surface area contributed by atoms with Gasteiger partial charge in [0.2, 0.25) is 0 Å². The number of allylic oxidation sites excluding steroid dienone is 1. The van der Waals surface area contributed by atoms with Gasteiger partial charge in [-0.1, -0.05) is 46.9 Å². The summed E-state index contributed by atoms with van der Waals surface area (Å²) in [5, 5.41) is 1.83. The SMILES string of the molecule is CN1CCN=C(/C=C/c2ccc(Cl)c(Cl)c2)c2ccc(Cl)cc21.Cl. The Hall–Kier alpha value is -1.19. The topological polar surface area (TPSA) is 15.6 Å². The molecular weight excluding hydrogens is 386 g/mol. The van der Waals surface area contributed by atoms with E-state index in [9.17, 15) is 0 Å². The quantitative estimate of drug-likeness (QED) is 0.600. The summed E-state index contributed by atoms with van der Waals surface area (Å²) in [7, 11) is 2.05. The van der Waals surface area contributed by atoms with Crippen molar-refractivity contribution in [2.45, 2.75) is 0 Å². The lowest BCUT2D eigenvalue weighted by Gasteiger charge is -2.19. The molecule has 126 valence electrons. The zero-order chi connectivity index (χ0) is 16.4. The van der Waals surface area contributed by atoms with E-state index in [-0.39, 0.29) is 12.4 Å². The van der Waals surface area contributed by atoms with Crippen molar-refractivity contribution in [3.63, 3.8) is 0 Å². The van der Waals surface area contributed by atoms with E-state index in [0.29, 0.717) is 10.0 Å². The zero-order valence-corrected chi connectivity index (χ0v) is 16.1. The van der Waals surface area contributed by atoms with Gasteiger partial charge in [-0.2, -0.15) is 0 Å². The molecule has 0 fully saturated rings. The molecule has 1 heterocycles. The van der Waals surface area contributed by atoms with Gasteiger partial charge in [0.15, 0.2) is 0 Å². The Morgan fingerprint density at radius 3 is 2.54 bits per heavy atom. The van der Waals surface area contributed by atoms with Crippen LogP contribution < -0.4 is 4.90 Å². The van der Waals surface area contributed by atoms with Gasteiger partial charge in [-0.05, 0) is 42.0 Å². The van der Waals surface area contributed by atoms with Gasteiger partial charge in [0.1, 0.15) is 0 Å². The summed E-state index contributed by atoms with van der Waals surface area (Å²) < 4.78 is 0. The molecule has 0 saturated heterocycles. The predicted molar refractivity (Wildman–Crippen MR) is 109 cm³/mol. The number of fused-ring (bicyclic) bond motifs is 1. The molecular formula is C18H16Cl4N2. The number of benzodiazepines with no additional fused rings is 1. The van der Waals surface area contributed by atoms with Crippen LogP contribution >= 0.6 is 47.2 Å². The summed E-state index contributed by atoms with van der Waals surface area (Å²) in [5.74, 6) is 0. The molecule has 0 aliphatic carbocycles. The van der Waals surface area contributed by atoms with Gasteiger partial charge in [-0.3, -0.25) is 4.99 Å². The number of nitrogens with zero attached hydrogens (tertiary/aromatic N) is 2. The molecule has 0 amide bonds. The number of likely N-dealkylation sites (N-methyl/N-ethyl adjacent to an activating group) is 1. The molecule has 0 unspecified atom stereocenters. The maximum atomic E-state index is 6.14. The van der Waals surface area contributed by atoms with E-state index in [1.807, 2.05) is 42.5 Å². The van der Waals surface area contributed by atoms with Gasteiger partial charge in [0.05, 0.1) is 22.3 Å². The molecule has 1 aliphatic heterocycles. The highest BCUT2D eigenvalue weighted by Crippen LogP contribution is 2.27. The fraction of sp³-hybridized carbons (Fsp3) is 0.167. The number of benzene rings is 2. The monoisotopic (exact) mass is 400 g/mol. The summed E-state index contributed by atoms with van der Waals surface area (Å²) in [6, 6.07) is 11.4. The molecule has 24 heavy (non-hydrogen) atoms. The Bertz CT molecular complexity index is 800. The second kappa shape index (κ2) is 8.26. The second-order valence-corrected chi connectivity index (χ2v) is 6.61. The summed E-state index contributed by atoms with van der Waals surface area (Å²) in [4.78, 5) is 6.86. The van der Waals surface area contributed by atoms with Crippen molar-refractivity contribution in [1.82, 2.24) is 0 Å².